The number of methoxy groups -OCH3 is 1. The van der Waals surface area contributed by atoms with E-state index in [1.807, 2.05) is 36.4 Å². The average molecular weight is 444 g/mol. The number of rotatable bonds is 8. The summed E-state index contributed by atoms with van der Waals surface area (Å²) in [6, 6.07) is 21.0. The highest BCUT2D eigenvalue weighted by Crippen LogP contribution is 2.15. The van der Waals surface area contributed by atoms with Gasteiger partial charge < -0.3 is 20.1 Å². The van der Waals surface area contributed by atoms with Crippen LogP contribution < -0.4 is 20.1 Å². The summed E-state index contributed by atoms with van der Waals surface area (Å²) < 4.78 is 10.2. The standard InChI is InChI=1S/C26H24N2O5/c1-18(29)33-24-8-4-6-21(16-24)26(31)27-17-20-9-12-22(13-10-20)28-25(30)14-11-19-5-3-7-23(15-19)32-2/h3-16H,17H2,1-2H3,(H,27,31)(H,28,30)/b14-11+. The van der Waals surface area contributed by atoms with Gasteiger partial charge in [0.15, 0.2) is 0 Å². The quantitative estimate of drug-likeness (QED) is 0.309. The van der Waals surface area contributed by atoms with E-state index in [1.165, 1.54) is 19.1 Å². The molecule has 7 nitrogen and oxygen atoms in total. The normalized spacial score (nSPS) is 10.5. The SMILES string of the molecule is COc1cccc(/C=C/C(=O)Nc2ccc(CNC(=O)c3cccc(OC(C)=O)c3)cc2)c1. The van der Waals surface area contributed by atoms with Crippen molar-refractivity contribution in [1.82, 2.24) is 5.32 Å². The number of nitrogens with one attached hydrogen (secondary N) is 2. The fraction of sp³-hybridized carbons (Fsp3) is 0.115. The molecule has 0 unspecified atom stereocenters. The number of carbonyl (C=O) groups is 3. The van der Waals surface area contributed by atoms with E-state index in [9.17, 15) is 14.4 Å². The van der Waals surface area contributed by atoms with E-state index >= 15 is 0 Å². The lowest BCUT2D eigenvalue weighted by molar-refractivity contribution is -0.131. The smallest absolute Gasteiger partial charge is 0.308 e. The van der Waals surface area contributed by atoms with Crippen LogP contribution in [0.15, 0.2) is 78.9 Å². The van der Waals surface area contributed by atoms with Crippen molar-refractivity contribution in [2.24, 2.45) is 0 Å². The van der Waals surface area contributed by atoms with Gasteiger partial charge in [0.1, 0.15) is 11.5 Å². The summed E-state index contributed by atoms with van der Waals surface area (Å²) in [7, 11) is 1.59. The van der Waals surface area contributed by atoms with Crippen LogP contribution in [0.2, 0.25) is 0 Å². The maximum absolute atomic E-state index is 12.4. The topological polar surface area (TPSA) is 93.7 Å². The molecule has 0 saturated heterocycles. The van der Waals surface area contributed by atoms with Crippen molar-refractivity contribution in [3.8, 4) is 11.5 Å². The largest absolute Gasteiger partial charge is 0.497 e. The van der Waals surface area contributed by atoms with Crippen LogP contribution in [0, 0.1) is 0 Å². The molecule has 33 heavy (non-hydrogen) atoms. The minimum atomic E-state index is -0.449. The molecule has 3 rings (SSSR count). The van der Waals surface area contributed by atoms with Gasteiger partial charge in [0, 0.05) is 30.8 Å². The monoisotopic (exact) mass is 444 g/mol. The molecule has 2 amide bonds. The fourth-order valence-corrected chi connectivity index (χ4v) is 2.96. The van der Waals surface area contributed by atoms with Gasteiger partial charge in [-0.15, -0.1) is 0 Å². The van der Waals surface area contributed by atoms with Gasteiger partial charge in [-0.1, -0.05) is 30.3 Å². The zero-order chi connectivity index (χ0) is 23.6. The Morgan fingerprint density at radius 1 is 0.909 bits per heavy atom. The lowest BCUT2D eigenvalue weighted by Gasteiger charge is -2.08. The van der Waals surface area contributed by atoms with Gasteiger partial charge in [0.25, 0.3) is 5.91 Å². The molecule has 0 spiro atoms. The highest BCUT2D eigenvalue weighted by Gasteiger charge is 2.08. The zero-order valence-corrected chi connectivity index (χ0v) is 18.3. The molecule has 0 radical (unpaired) electrons. The van der Waals surface area contributed by atoms with E-state index in [-0.39, 0.29) is 11.8 Å². The number of hydrogen-bond acceptors (Lipinski definition) is 5. The van der Waals surface area contributed by atoms with E-state index in [0.29, 0.717) is 23.5 Å². The van der Waals surface area contributed by atoms with Crippen LogP contribution >= 0.6 is 0 Å². The van der Waals surface area contributed by atoms with E-state index in [1.54, 1.807) is 43.5 Å². The van der Waals surface area contributed by atoms with Crippen molar-refractivity contribution in [1.29, 1.82) is 0 Å². The number of carbonyl (C=O) groups excluding carboxylic acids is 3. The van der Waals surface area contributed by atoms with Gasteiger partial charge in [0.2, 0.25) is 5.91 Å². The Hall–Kier alpha value is -4.39. The third kappa shape index (κ3) is 7.36. The number of hydrogen-bond donors (Lipinski definition) is 2. The molecule has 0 atom stereocenters. The number of esters is 1. The van der Waals surface area contributed by atoms with Crippen LogP contribution in [-0.2, 0) is 16.1 Å². The summed E-state index contributed by atoms with van der Waals surface area (Å²) in [6.07, 6.45) is 3.16. The third-order valence-corrected chi connectivity index (χ3v) is 4.55. The Bertz CT molecular complexity index is 1170. The second kappa shape index (κ2) is 11.3. The minimum absolute atomic E-state index is 0.258. The molecule has 2 N–H and O–H groups in total. The van der Waals surface area contributed by atoms with Gasteiger partial charge in [-0.05, 0) is 59.7 Å². The molecule has 0 bridgehead atoms. The molecule has 0 aromatic heterocycles. The number of benzene rings is 3. The van der Waals surface area contributed by atoms with Crippen molar-refractivity contribution in [2.75, 3.05) is 12.4 Å². The van der Waals surface area contributed by atoms with Crippen LogP contribution in [0.1, 0.15) is 28.4 Å². The van der Waals surface area contributed by atoms with E-state index in [4.69, 9.17) is 9.47 Å². The molecule has 0 aliphatic heterocycles. The highest BCUT2D eigenvalue weighted by molar-refractivity contribution is 6.02. The zero-order valence-electron chi connectivity index (χ0n) is 18.3. The Balaban J connectivity index is 1.51. The first-order chi connectivity index (χ1) is 15.9. The van der Waals surface area contributed by atoms with Gasteiger partial charge in [-0.3, -0.25) is 14.4 Å². The average Bonchev–Trinajstić information content (AvgIpc) is 2.82. The summed E-state index contributed by atoms with van der Waals surface area (Å²) in [4.78, 5) is 35.6. The second-order valence-electron chi connectivity index (χ2n) is 7.10. The fourth-order valence-electron chi connectivity index (χ4n) is 2.96. The Morgan fingerprint density at radius 3 is 2.36 bits per heavy atom. The molecular weight excluding hydrogens is 420 g/mol. The summed E-state index contributed by atoms with van der Waals surface area (Å²) in [5, 5.41) is 5.61. The molecule has 3 aromatic carbocycles. The van der Waals surface area contributed by atoms with Gasteiger partial charge >= 0.3 is 5.97 Å². The maximum atomic E-state index is 12.4. The van der Waals surface area contributed by atoms with Crippen molar-refractivity contribution in [2.45, 2.75) is 13.5 Å². The van der Waals surface area contributed by atoms with Gasteiger partial charge in [-0.25, -0.2) is 0 Å². The second-order valence-corrected chi connectivity index (χ2v) is 7.10. The van der Waals surface area contributed by atoms with Crippen molar-refractivity contribution >= 4 is 29.5 Å². The van der Waals surface area contributed by atoms with E-state index in [2.05, 4.69) is 10.6 Å². The molecule has 7 heteroatoms. The van der Waals surface area contributed by atoms with Crippen LogP contribution in [0.25, 0.3) is 6.08 Å². The number of amides is 2. The molecule has 3 aromatic rings. The number of anilines is 1. The summed E-state index contributed by atoms with van der Waals surface area (Å²) in [6.45, 7) is 1.61. The Labute approximate surface area is 192 Å². The Morgan fingerprint density at radius 2 is 1.64 bits per heavy atom. The summed E-state index contributed by atoms with van der Waals surface area (Å²) in [5.41, 5.74) is 2.75. The molecule has 0 aliphatic rings. The molecule has 168 valence electrons. The molecule has 0 fully saturated rings. The first-order valence-corrected chi connectivity index (χ1v) is 10.2. The predicted octanol–water partition coefficient (Wildman–Crippen LogP) is 4.20. The van der Waals surface area contributed by atoms with Crippen molar-refractivity contribution < 1.29 is 23.9 Å². The van der Waals surface area contributed by atoms with E-state index < -0.39 is 5.97 Å². The van der Waals surface area contributed by atoms with Crippen molar-refractivity contribution in [3.05, 3.63) is 95.6 Å². The van der Waals surface area contributed by atoms with Crippen LogP contribution in [0.4, 0.5) is 5.69 Å². The minimum Gasteiger partial charge on any atom is -0.497 e. The molecule has 0 aliphatic carbocycles. The molecule has 0 saturated carbocycles. The summed E-state index contributed by atoms with van der Waals surface area (Å²) in [5.74, 6) is 0.0409. The Kier molecular flexibility index (Phi) is 7.96. The van der Waals surface area contributed by atoms with Crippen LogP contribution in [0.3, 0.4) is 0 Å². The predicted molar refractivity (Wildman–Crippen MR) is 126 cm³/mol. The maximum Gasteiger partial charge on any atom is 0.308 e. The summed E-state index contributed by atoms with van der Waals surface area (Å²) >= 11 is 0. The van der Waals surface area contributed by atoms with Crippen LogP contribution in [0.5, 0.6) is 11.5 Å². The third-order valence-electron chi connectivity index (χ3n) is 4.55. The van der Waals surface area contributed by atoms with E-state index in [0.717, 1.165) is 16.9 Å². The highest BCUT2D eigenvalue weighted by atomic mass is 16.5. The lowest BCUT2D eigenvalue weighted by Crippen LogP contribution is -2.22. The van der Waals surface area contributed by atoms with Gasteiger partial charge in [-0.2, -0.15) is 0 Å². The first-order valence-electron chi connectivity index (χ1n) is 10.2. The molecule has 0 heterocycles. The van der Waals surface area contributed by atoms with Crippen molar-refractivity contribution in [3.63, 3.8) is 0 Å². The lowest BCUT2D eigenvalue weighted by atomic mass is 10.1. The van der Waals surface area contributed by atoms with Gasteiger partial charge in [0.05, 0.1) is 7.11 Å². The first kappa shape index (κ1) is 23.3. The van der Waals surface area contributed by atoms with Crippen LogP contribution in [-0.4, -0.2) is 24.9 Å². The molecular formula is C26H24N2O5. The number of ether oxygens (including phenoxy) is 2.